The molecule has 2 nitrogen and oxygen atoms in total. The quantitative estimate of drug-likeness (QED) is 0.231. The molecule has 0 saturated heterocycles. The van der Waals surface area contributed by atoms with Crippen LogP contribution in [-0.2, 0) is 4.74 Å². The van der Waals surface area contributed by atoms with E-state index >= 15 is 0 Å². The summed E-state index contributed by atoms with van der Waals surface area (Å²) >= 11 is 0. The Labute approximate surface area is 141 Å². The fourth-order valence-electron chi connectivity index (χ4n) is 2.57. The molecule has 0 aliphatic carbocycles. The second-order valence-corrected chi connectivity index (χ2v) is 6.11. The third kappa shape index (κ3) is 10.7. The van der Waals surface area contributed by atoms with Gasteiger partial charge in [-0.25, -0.2) is 4.79 Å². The summed E-state index contributed by atoms with van der Waals surface area (Å²) in [5.41, 5.74) is 0.594. The van der Waals surface area contributed by atoms with Gasteiger partial charge in [0.25, 0.3) is 0 Å². The number of esters is 1. The second kappa shape index (κ2) is 14.0. The highest BCUT2D eigenvalue weighted by Crippen LogP contribution is 2.11. The molecule has 0 aliphatic heterocycles. The second-order valence-electron chi connectivity index (χ2n) is 6.11. The van der Waals surface area contributed by atoms with Crippen molar-refractivity contribution in [2.24, 2.45) is 0 Å². The zero-order valence-corrected chi connectivity index (χ0v) is 14.6. The van der Waals surface area contributed by atoms with Crippen LogP contribution in [-0.4, -0.2) is 5.97 Å². The van der Waals surface area contributed by atoms with Crippen LogP contribution in [0.25, 0.3) is 0 Å². The van der Waals surface area contributed by atoms with Crippen LogP contribution in [0.5, 0.6) is 0 Å². The molecule has 128 valence electrons. The molecule has 0 heterocycles. The lowest BCUT2D eigenvalue weighted by molar-refractivity contribution is 0.0662. The first-order valence-corrected chi connectivity index (χ1v) is 9.25. The predicted molar refractivity (Wildman–Crippen MR) is 97.5 cm³/mol. The molecule has 0 amide bonds. The lowest BCUT2D eigenvalue weighted by Crippen LogP contribution is -1.99. The van der Waals surface area contributed by atoms with Gasteiger partial charge in [-0.2, -0.15) is 0 Å². The zero-order chi connectivity index (χ0) is 16.6. The van der Waals surface area contributed by atoms with E-state index in [0.717, 1.165) is 6.42 Å². The van der Waals surface area contributed by atoms with Crippen molar-refractivity contribution in [1.82, 2.24) is 0 Å². The number of carbonyl (C=O) groups excluding carboxylic acids is 1. The predicted octanol–water partition coefficient (Wildman–Crippen LogP) is 6.67. The first-order chi connectivity index (χ1) is 11.3. The van der Waals surface area contributed by atoms with E-state index in [9.17, 15) is 4.79 Å². The van der Waals surface area contributed by atoms with Gasteiger partial charge in [0, 0.05) is 0 Å². The number of benzene rings is 1. The lowest BCUT2D eigenvalue weighted by atomic mass is 10.1. The first kappa shape index (κ1) is 19.5. The molecule has 1 rings (SSSR count). The van der Waals surface area contributed by atoms with Crippen molar-refractivity contribution in [3.05, 3.63) is 48.2 Å². The maximum atomic E-state index is 11.7. The van der Waals surface area contributed by atoms with Gasteiger partial charge in [0.2, 0.25) is 0 Å². The minimum absolute atomic E-state index is 0.287. The highest BCUT2D eigenvalue weighted by atomic mass is 16.5. The van der Waals surface area contributed by atoms with Gasteiger partial charge in [0.05, 0.1) is 11.8 Å². The van der Waals surface area contributed by atoms with Crippen molar-refractivity contribution in [3.63, 3.8) is 0 Å². The Hall–Kier alpha value is -1.57. The van der Waals surface area contributed by atoms with Crippen molar-refractivity contribution < 1.29 is 9.53 Å². The molecule has 0 N–H and O–H groups in total. The molecule has 0 atom stereocenters. The first-order valence-electron chi connectivity index (χ1n) is 9.25. The number of hydrogen-bond acceptors (Lipinski definition) is 2. The summed E-state index contributed by atoms with van der Waals surface area (Å²) in [7, 11) is 0. The molecule has 23 heavy (non-hydrogen) atoms. The van der Waals surface area contributed by atoms with Crippen LogP contribution in [0.15, 0.2) is 42.7 Å². The summed E-state index contributed by atoms with van der Waals surface area (Å²) < 4.78 is 5.10. The Morgan fingerprint density at radius 2 is 1.43 bits per heavy atom. The zero-order valence-electron chi connectivity index (χ0n) is 14.6. The van der Waals surface area contributed by atoms with E-state index in [-0.39, 0.29) is 5.97 Å². The standard InChI is InChI=1S/C21H32O2/c1-2-3-4-5-6-7-8-9-10-11-12-16-19-23-21(22)20-17-14-13-15-18-20/h13-19H,2-12H2,1H3/b19-16+. The van der Waals surface area contributed by atoms with Crippen LogP contribution in [0.2, 0.25) is 0 Å². The number of rotatable bonds is 13. The molecule has 0 radical (unpaired) electrons. The molecular weight excluding hydrogens is 284 g/mol. The topological polar surface area (TPSA) is 26.3 Å². The van der Waals surface area contributed by atoms with Crippen molar-refractivity contribution in [3.8, 4) is 0 Å². The van der Waals surface area contributed by atoms with Crippen LogP contribution in [0.1, 0.15) is 87.9 Å². The van der Waals surface area contributed by atoms with Crippen molar-refractivity contribution in [1.29, 1.82) is 0 Å². The normalized spacial score (nSPS) is 11.0. The highest BCUT2D eigenvalue weighted by molar-refractivity contribution is 5.89. The summed E-state index contributed by atoms with van der Waals surface area (Å²) in [5, 5.41) is 0. The van der Waals surface area contributed by atoms with Crippen LogP contribution in [0, 0.1) is 0 Å². The molecule has 1 aromatic carbocycles. The smallest absolute Gasteiger partial charge is 0.342 e. The van der Waals surface area contributed by atoms with Crippen LogP contribution >= 0.6 is 0 Å². The molecule has 0 aromatic heterocycles. The van der Waals surface area contributed by atoms with E-state index in [1.54, 1.807) is 12.1 Å². The Kier molecular flexibility index (Phi) is 11.9. The molecule has 0 unspecified atom stereocenters. The van der Waals surface area contributed by atoms with Gasteiger partial charge in [0.1, 0.15) is 0 Å². The molecule has 0 spiro atoms. The van der Waals surface area contributed by atoms with E-state index in [4.69, 9.17) is 4.74 Å². The molecule has 0 aliphatic rings. The summed E-state index contributed by atoms with van der Waals surface area (Å²) in [5.74, 6) is -0.287. The van der Waals surface area contributed by atoms with Crippen molar-refractivity contribution in [2.75, 3.05) is 0 Å². The molecule has 1 aromatic rings. The average molecular weight is 316 g/mol. The summed E-state index contributed by atoms with van der Waals surface area (Å²) in [6.45, 7) is 2.26. The summed E-state index contributed by atoms with van der Waals surface area (Å²) in [4.78, 5) is 11.7. The number of allylic oxidation sites excluding steroid dienone is 1. The molecule has 2 heteroatoms. The van der Waals surface area contributed by atoms with Crippen molar-refractivity contribution in [2.45, 2.75) is 77.6 Å². The number of unbranched alkanes of at least 4 members (excludes halogenated alkanes) is 10. The largest absolute Gasteiger partial charge is 0.431 e. The molecule has 0 bridgehead atoms. The molecule has 0 saturated carbocycles. The molecular formula is C21H32O2. The van der Waals surface area contributed by atoms with Crippen molar-refractivity contribution >= 4 is 5.97 Å². The van der Waals surface area contributed by atoms with E-state index in [1.165, 1.54) is 70.5 Å². The van der Waals surface area contributed by atoms with E-state index < -0.39 is 0 Å². The number of carbonyl (C=O) groups is 1. The van der Waals surface area contributed by atoms with E-state index in [0.29, 0.717) is 5.56 Å². The Bertz CT molecular complexity index is 423. The summed E-state index contributed by atoms with van der Waals surface area (Å²) in [6, 6.07) is 9.09. The maximum absolute atomic E-state index is 11.7. The van der Waals surface area contributed by atoms with E-state index in [2.05, 4.69) is 6.92 Å². The van der Waals surface area contributed by atoms with Crippen LogP contribution in [0.4, 0.5) is 0 Å². The third-order valence-electron chi connectivity index (χ3n) is 4.01. The van der Waals surface area contributed by atoms with Gasteiger partial charge in [-0.05, 0) is 31.1 Å². The van der Waals surface area contributed by atoms with Crippen LogP contribution < -0.4 is 0 Å². The Morgan fingerprint density at radius 1 is 0.870 bits per heavy atom. The van der Waals surface area contributed by atoms with Crippen LogP contribution in [0.3, 0.4) is 0 Å². The maximum Gasteiger partial charge on any atom is 0.342 e. The van der Waals surface area contributed by atoms with Gasteiger partial charge in [0.15, 0.2) is 0 Å². The van der Waals surface area contributed by atoms with Gasteiger partial charge >= 0.3 is 5.97 Å². The lowest BCUT2D eigenvalue weighted by Gasteiger charge is -2.01. The number of hydrogen-bond donors (Lipinski definition) is 0. The van der Waals surface area contributed by atoms with Gasteiger partial charge in [-0.3, -0.25) is 0 Å². The Balaban J connectivity index is 1.90. The van der Waals surface area contributed by atoms with Gasteiger partial charge in [-0.1, -0.05) is 82.9 Å². The summed E-state index contributed by atoms with van der Waals surface area (Å²) in [6.07, 6.45) is 17.9. The fraction of sp³-hybridized carbons (Fsp3) is 0.571. The number of ether oxygens (including phenoxy) is 1. The fourth-order valence-corrected chi connectivity index (χ4v) is 2.57. The highest BCUT2D eigenvalue weighted by Gasteiger charge is 2.02. The van der Waals surface area contributed by atoms with Gasteiger partial charge < -0.3 is 4.74 Å². The molecule has 0 fully saturated rings. The monoisotopic (exact) mass is 316 g/mol. The SMILES string of the molecule is CCCCCCCCCCCC/C=C/OC(=O)c1ccccc1. The average Bonchev–Trinajstić information content (AvgIpc) is 2.59. The minimum atomic E-state index is -0.287. The van der Waals surface area contributed by atoms with Gasteiger partial charge in [-0.15, -0.1) is 0 Å². The minimum Gasteiger partial charge on any atom is -0.431 e. The van der Waals surface area contributed by atoms with E-state index in [1.807, 2.05) is 24.3 Å². The third-order valence-corrected chi connectivity index (χ3v) is 4.01. The Morgan fingerprint density at radius 3 is 2.04 bits per heavy atom.